The largest absolute Gasteiger partial charge is 0.481 e. The molecule has 1 atom stereocenters. The smallest absolute Gasteiger partial charge is 0.310 e. The van der Waals surface area contributed by atoms with Gasteiger partial charge < -0.3 is 5.11 Å². The molecule has 20 heavy (non-hydrogen) atoms. The Balaban J connectivity index is 2.35. The molecule has 0 aromatic heterocycles. The first-order valence-corrected chi connectivity index (χ1v) is 8.88. The number of hydrogen-bond donors (Lipinski definition) is 1. The fraction of sp³-hybridized carbons (Fsp3) is 0.417. The molecule has 110 valence electrons. The van der Waals surface area contributed by atoms with Crippen LogP contribution in [-0.4, -0.2) is 36.9 Å². The maximum Gasteiger partial charge on any atom is 0.310 e. The fourth-order valence-electron chi connectivity index (χ4n) is 2.12. The van der Waals surface area contributed by atoms with Crippen molar-refractivity contribution in [3.8, 4) is 0 Å². The molecule has 1 heterocycles. The predicted molar refractivity (Wildman–Crippen MR) is 81.0 cm³/mol. The number of hydrogen-bond acceptors (Lipinski definition) is 3. The summed E-state index contributed by atoms with van der Waals surface area (Å²) in [7, 11) is -3.69. The standard InChI is InChI=1S/C12H13Br2NO4S/c1-12(11(16)17)4-5-15(7-12)20(18,19)10-3-2-8(13)6-9(10)14/h2-3,6H,4-5,7H2,1H3,(H,16,17). The summed E-state index contributed by atoms with van der Waals surface area (Å²) >= 11 is 6.50. The van der Waals surface area contributed by atoms with Crippen molar-refractivity contribution in [2.75, 3.05) is 13.1 Å². The number of carbonyl (C=O) groups is 1. The van der Waals surface area contributed by atoms with E-state index in [1.807, 2.05) is 0 Å². The minimum absolute atomic E-state index is 0.00678. The van der Waals surface area contributed by atoms with Crippen molar-refractivity contribution in [1.29, 1.82) is 0 Å². The molecule has 1 aliphatic rings. The zero-order valence-corrected chi connectivity index (χ0v) is 14.6. The lowest BCUT2D eigenvalue weighted by Crippen LogP contribution is -2.35. The maximum atomic E-state index is 12.6. The highest BCUT2D eigenvalue weighted by Gasteiger charge is 2.45. The van der Waals surface area contributed by atoms with Gasteiger partial charge in [0.05, 0.1) is 10.3 Å². The van der Waals surface area contributed by atoms with E-state index in [2.05, 4.69) is 31.9 Å². The molecule has 1 aromatic rings. The minimum Gasteiger partial charge on any atom is -0.481 e. The second kappa shape index (κ2) is 5.40. The summed E-state index contributed by atoms with van der Waals surface area (Å²) in [4.78, 5) is 11.4. The van der Waals surface area contributed by atoms with Gasteiger partial charge >= 0.3 is 5.97 Å². The molecule has 0 spiro atoms. The number of carboxylic acid groups (broad SMARTS) is 1. The molecule has 0 saturated carbocycles. The molecule has 0 aliphatic carbocycles. The van der Waals surface area contributed by atoms with Crippen molar-refractivity contribution in [2.24, 2.45) is 5.41 Å². The van der Waals surface area contributed by atoms with Crippen molar-refractivity contribution >= 4 is 47.9 Å². The van der Waals surface area contributed by atoms with E-state index < -0.39 is 21.4 Å². The molecule has 0 bridgehead atoms. The van der Waals surface area contributed by atoms with Crippen LogP contribution < -0.4 is 0 Å². The lowest BCUT2D eigenvalue weighted by molar-refractivity contribution is -0.146. The van der Waals surface area contributed by atoms with Gasteiger partial charge in [0.15, 0.2) is 0 Å². The van der Waals surface area contributed by atoms with E-state index in [-0.39, 0.29) is 18.0 Å². The van der Waals surface area contributed by atoms with Gasteiger partial charge in [-0.15, -0.1) is 0 Å². The van der Waals surface area contributed by atoms with Crippen LogP contribution in [0.4, 0.5) is 0 Å². The Bertz CT molecular complexity index is 661. The molecule has 0 amide bonds. The molecule has 8 heteroatoms. The van der Waals surface area contributed by atoms with Crippen LogP contribution in [0.3, 0.4) is 0 Å². The molecule has 1 aliphatic heterocycles. The SMILES string of the molecule is CC1(C(=O)O)CCN(S(=O)(=O)c2ccc(Br)cc2Br)C1. The number of rotatable bonds is 3. The molecule has 1 N–H and O–H groups in total. The Morgan fingerprint density at radius 3 is 2.55 bits per heavy atom. The Hall–Kier alpha value is -0.440. The molecule has 1 aromatic carbocycles. The third-order valence-electron chi connectivity index (χ3n) is 3.47. The first kappa shape index (κ1) is 15.9. The summed E-state index contributed by atoms with van der Waals surface area (Å²) in [6.45, 7) is 1.78. The van der Waals surface area contributed by atoms with E-state index in [0.29, 0.717) is 10.9 Å². The quantitative estimate of drug-likeness (QED) is 0.806. The zero-order chi connectivity index (χ0) is 15.1. The Morgan fingerprint density at radius 2 is 2.05 bits per heavy atom. The van der Waals surface area contributed by atoms with Gasteiger partial charge in [-0.3, -0.25) is 4.79 Å². The number of aliphatic carboxylic acids is 1. The fourth-order valence-corrected chi connectivity index (χ4v) is 5.39. The van der Waals surface area contributed by atoms with Crippen LogP contribution in [0.5, 0.6) is 0 Å². The van der Waals surface area contributed by atoms with Gasteiger partial charge in [0.1, 0.15) is 0 Å². The molecule has 1 saturated heterocycles. The van der Waals surface area contributed by atoms with Gasteiger partial charge in [-0.1, -0.05) is 15.9 Å². The molecule has 5 nitrogen and oxygen atoms in total. The van der Waals surface area contributed by atoms with Crippen molar-refractivity contribution in [3.63, 3.8) is 0 Å². The van der Waals surface area contributed by atoms with Crippen molar-refractivity contribution < 1.29 is 18.3 Å². The maximum absolute atomic E-state index is 12.6. The number of benzene rings is 1. The predicted octanol–water partition coefficient (Wildman–Crippen LogP) is 2.70. The lowest BCUT2D eigenvalue weighted by atomic mass is 9.90. The summed E-state index contributed by atoms with van der Waals surface area (Å²) in [6.07, 6.45) is 0.315. The molecular formula is C12H13Br2NO4S. The van der Waals surface area contributed by atoms with Crippen LogP contribution in [0.2, 0.25) is 0 Å². The lowest BCUT2D eigenvalue weighted by Gasteiger charge is -2.20. The second-order valence-electron chi connectivity index (χ2n) is 5.03. The van der Waals surface area contributed by atoms with E-state index in [1.54, 1.807) is 19.1 Å². The average molecular weight is 427 g/mol. The van der Waals surface area contributed by atoms with Gasteiger partial charge in [-0.05, 0) is 47.5 Å². The summed E-state index contributed by atoms with van der Waals surface area (Å²) in [6, 6.07) is 4.80. The topological polar surface area (TPSA) is 74.7 Å². The Labute approximate surface area is 134 Å². The summed E-state index contributed by atoms with van der Waals surface area (Å²) in [5.74, 6) is -0.968. The molecule has 1 unspecified atom stereocenters. The van der Waals surface area contributed by atoms with Crippen LogP contribution in [0.25, 0.3) is 0 Å². The molecular weight excluding hydrogens is 414 g/mol. The first-order valence-electron chi connectivity index (χ1n) is 5.85. The zero-order valence-electron chi connectivity index (χ0n) is 10.6. The second-order valence-corrected chi connectivity index (χ2v) is 8.71. The molecule has 0 radical (unpaired) electrons. The highest BCUT2D eigenvalue weighted by molar-refractivity contribution is 9.11. The molecule has 1 fully saturated rings. The minimum atomic E-state index is -3.69. The Kier molecular flexibility index (Phi) is 4.30. The van der Waals surface area contributed by atoms with Gasteiger partial charge in [0, 0.05) is 22.0 Å². The van der Waals surface area contributed by atoms with E-state index in [9.17, 15) is 18.3 Å². The first-order chi connectivity index (χ1) is 9.17. The van der Waals surface area contributed by atoms with Crippen LogP contribution in [0.15, 0.2) is 32.0 Å². The van der Waals surface area contributed by atoms with Crippen molar-refractivity contribution in [3.05, 3.63) is 27.1 Å². The van der Waals surface area contributed by atoms with Crippen LogP contribution in [0, 0.1) is 5.41 Å². The van der Waals surface area contributed by atoms with E-state index >= 15 is 0 Å². The number of carboxylic acids is 1. The highest BCUT2D eigenvalue weighted by Crippen LogP contribution is 2.36. The summed E-state index contributed by atoms with van der Waals surface area (Å²) in [5.41, 5.74) is -1.02. The normalized spacial score (nSPS) is 23.9. The third kappa shape index (κ3) is 2.79. The molecule has 2 rings (SSSR count). The monoisotopic (exact) mass is 425 g/mol. The van der Waals surface area contributed by atoms with Gasteiger partial charge in [-0.2, -0.15) is 4.31 Å². The summed E-state index contributed by atoms with van der Waals surface area (Å²) in [5, 5.41) is 9.18. The van der Waals surface area contributed by atoms with Gasteiger partial charge in [-0.25, -0.2) is 8.42 Å². The summed E-state index contributed by atoms with van der Waals surface area (Å²) < 4.78 is 27.6. The van der Waals surface area contributed by atoms with Crippen molar-refractivity contribution in [2.45, 2.75) is 18.2 Å². The average Bonchev–Trinajstić information content (AvgIpc) is 2.73. The number of sulfonamides is 1. The Morgan fingerprint density at radius 1 is 1.40 bits per heavy atom. The number of nitrogens with zero attached hydrogens (tertiary/aromatic N) is 1. The van der Waals surface area contributed by atoms with E-state index in [1.165, 1.54) is 10.4 Å². The van der Waals surface area contributed by atoms with Gasteiger partial charge in [0.2, 0.25) is 10.0 Å². The number of halogens is 2. The van der Waals surface area contributed by atoms with Crippen LogP contribution in [-0.2, 0) is 14.8 Å². The third-order valence-corrected chi connectivity index (χ3v) is 6.78. The highest BCUT2D eigenvalue weighted by atomic mass is 79.9. The van der Waals surface area contributed by atoms with Crippen molar-refractivity contribution in [1.82, 2.24) is 4.31 Å². The van der Waals surface area contributed by atoms with E-state index in [0.717, 1.165) is 4.47 Å². The van der Waals surface area contributed by atoms with Gasteiger partial charge in [0.25, 0.3) is 0 Å². The van der Waals surface area contributed by atoms with E-state index in [4.69, 9.17) is 0 Å². The van der Waals surface area contributed by atoms with Crippen LogP contribution >= 0.6 is 31.9 Å². The van der Waals surface area contributed by atoms with Crippen LogP contribution in [0.1, 0.15) is 13.3 Å².